The summed E-state index contributed by atoms with van der Waals surface area (Å²) in [6.07, 6.45) is 6.28. The highest BCUT2D eigenvalue weighted by Gasteiger charge is 2.44. The Morgan fingerprint density at radius 3 is 1.04 bits per heavy atom. The van der Waals surface area contributed by atoms with Gasteiger partial charge in [0.15, 0.2) is 0 Å². The molecule has 2 aromatic heterocycles. The predicted molar refractivity (Wildman–Crippen MR) is 235 cm³/mol. The number of para-hydroxylation sites is 4. The normalized spacial score (nSPS) is 14.6. The molecule has 10 aromatic rings. The van der Waals surface area contributed by atoms with Crippen LogP contribution in [0.2, 0.25) is 0 Å². The monoisotopic (exact) mass is 716 g/mol. The molecule has 0 saturated heterocycles. The molecule has 0 radical (unpaired) electrons. The molecule has 2 aliphatic rings. The van der Waals surface area contributed by atoms with Gasteiger partial charge in [-0.3, -0.25) is 0 Å². The van der Waals surface area contributed by atoms with Crippen molar-refractivity contribution >= 4 is 43.6 Å². The van der Waals surface area contributed by atoms with Crippen molar-refractivity contribution < 1.29 is 0 Å². The summed E-state index contributed by atoms with van der Waals surface area (Å²) < 4.78 is 4.81. The summed E-state index contributed by atoms with van der Waals surface area (Å²) in [4.78, 5) is 0. The van der Waals surface area contributed by atoms with Crippen molar-refractivity contribution in [2.45, 2.75) is 37.5 Å². The Hall–Kier alpha value is -6.64. The minimum Gasteiger partial charge on any atom is -0.309 e. The van der Waals surface area contributed by atoms with E-state index in [-0.39, 0.29) is 5.41 Å². The molecule has 2 heteroatoms. The van der Waals surface area contributed by atoms with Crippen molar-refractivity contribution in [2.75, 3.05) is 0 Å². The molecule has 2 nitrogen and oxygen atoms in total. The van der Waals surface area contributed by atoms with Gasteiger partial charge in [-0.1, -0.05) is 141 Å². The summed E-state index contributed by atoms with van der Waals surface area (Å²) >= 11 is 0. The molecular formula is C54H40N2. The highest BCUT2D eigenvalue weighted by molar-refractivity contribution is 6.10. The lowest BCUT2D eigenvalue weighted by Crippen LogP contribution is -2.28. The third-order valence-electron chi connectivity index (χ3n) is 13.1. The minimum atomic E-state index is 0.0563. The van der Waals surface area contributed by atoms with Gasteiger partial charge in [0.1, 0.15) is 0 Å². The van der Waals surface area contributed by atoms with Crippen LogP contribution in [0.1, 0.15) is 43.2 Å². The Labute approximate surface area is 326 Å². The van der Waals surface area contributed by atoms with E-state index in [1.54, 1.807) is 0 Å². The van der Waals surface area contributed by atoms with Crippen LogP contribution in [0.25, 0.3) is 88.4 Å². The molecule has 1 saturated carbocycles. The molecular weight excluding hydrogens is 677 g/mol. The van der Waals surface area contributed by atoms with E-state index in [0.717, 1.165) is 0 Å². The molecule has 0 atom stereocenters. The summed E-state index contributed by atoms with van der Waals surface area (Å²) in [5.41, 5.74) is 18.4. The summed E-state index contributed by atoms with van der Waals surface area (Å²) in [5, 5.41) is 5.18. The van der Waals surface area contributed by atoms with Crippen molar-refractivity contribution in [3.05, 3.63) is 193 Å². The molecule has 1 spiro atoms. The van der Waals surface area contributed by atoms with Gasteiger partial charge in [0.2, 0.25) is 0 Å². The van der Waals surface area contributed by atoms with E-state index in [2.05, 4.69) is 191 Å². The van der Waals surface area contributed by atoms with Gasteiger partial charge in [-0.2, -0.15) is 0 Å². The van der Waals surface area contributed by atoms with Gasteiger partial charge in [-0.15, -0.1) is 0 Å². The maximum Gasteiger partial charge on any atom is 0.0541 e. The Kier molecular flexibility index (Phi) is 6.89. The van der Waals surface area contributed by atoms with E-state index in [4.69, 9.17) is 0 Å². The molecule has 12 rings (SSSR count). The standard InChI is InChI=1S/C54H40N2/c1-10-32-54(33-11-1)48-34-38(36-20-26-40(27-21-36)55-50-16-6-2-12-44(50)45-13-3-7-17-51(45)55)24-30-42(48)43-31-25-39(35-49(43)54)37-22-28-41(29-23-37)56-52-18-8-4-14-46(52)47-15-5-9-19-53(47)56/h2-9,12-31,34-35H,1,10-11,32-33H2. The molecule has 8 aromatic carbocycles. The van der Waals surface area contributed by atoms with Crippen molar-refractivity contribution in [1.29, 1.82) is 0 Å². The quantitative estimate of drug-likeness (QED) is 0.172. The van der Waals surface area contributed by atoms with Crippen LogP contribution in [0, 0.1) is 0 Å². The van der Waals surface area contributed by atoms with Gasteiger partial charge in [-0.05, 0) is 118 Å². The van der Waals surface area contributed by atoms with Crippen LogP contribution < -0.4 is 0 Å². The van der Waals surface area contributed by atoms with Crippen LogP contribution in [-0.2, 0) is 5.41 Å². The number of benzene rings is 8. The average Bonchev–Trinajstić information content (AvgIpc) is 3.88. The molecule has 2 aliphatic carbocycles. The van der Waals surface area contributed by atoms with Gasteiger partial charge >= 0.3 is 0 Å². The van der Waals surface area contributed by atoms with E-state index < -0.39 is 0 Å². The zero-order valence-electron chi connectivity index (χ0n) is 31.3. The lowest BCUT2D eigenvalue weighted by atomic mass is 9.67. The van der Waals surface area contributed by atoms with E-state index in [1.807, 2.05) is 0 Å². The first kappa shape index (κ1) is 31.7. The first-order valence-electron chi connectivity index (χ1n) is 20.2. The first-order valence-corrected chi connectivity index (χ1v) is 20.2. The van der Waals surface area contributed by atoms with Crippen LogP contribution in [-0.4, -0.2) is 9.13 Å². The topological polar surface area (TPSA) is 9.86 Å². The first-order chi connectivity index (χ1) is 27.7. The number of nitrogens with zero attached hydrogens (tertiary/aromatic N) is 2. The maximum absolute atomic E-state index is 2.54. The molecule has 0 bridgehead atoms. The van der Waals surface area contributed by atoms with E-state index in [9.17, 15) is 0 Å². The number of hydrogen-bond acceptors (Lipinski definition) is 0. The lowest BCUT2D eigenvalue weighted by Gasteiger charge is -2.36. The third kappa shape index (κ3) is 4.56. The van der Waals surface area contributed by atoms with Crippen LogP contribution in [0.15, 0.2) is 182 Å². The fourth-order valence-corrected chi connectivity index (χ4v) is 10.6. The second kappa shape index (κ2) is 12.2. The van der Waals surface area contributed by atoms with Crippen molar-refractivity contribution in [3.63, 3.8) is 0 Å². The highest BCUT2D eigenvalue weighted by atomic mass is 15.0. The average molecular weight is 717 g/mol. The van der Waals surface area contributed by atoms with Crippen molar-refractivity contribution in [2.24, 2.45) is 0 Å². The number of fused-ring (bicyclic) bond motifs is 11. The smallest absolute Gasteiger partial charge is 0.0541 e. The maximum atomic E-state index is 2.54. The van der Waals surface area contributed by atoms with Crippen LogP contribution in [0.3, 0.4) is 0 Å². The Morgan fingerprint density at radius 1 is 0.321 bits per heavy atom. The Morgan fingerprint density at radius 2 is 0.661 bits per heavy atom. The summed E-state index contributed by atoms with van der Waals surface area (Å²) in [6.45, 7) is 0. The zero-order chi connectivity index (χ0) is 36.8. The third-order valence-corrected chi connectivity index (χ3v) is 13.1. The number of aromatic nitrogens is 2. The zero-order valence-corrected chi connectivity index (χ0v) is 31.3. The summed E-state index contributed by atoms with van der Waals surface area (Å²) in [6, 6.07) is 68.0. The van der Waals surface area contributed by atoms with E-state index in [0.29, 0.717) is 0 Å². The second-order valence-corrected chi connectivity index (χ2v) is 16.0. The van der Waals surface area contributed by atoms with Crippen LogP contribution in [0.5, 0.6) is 0 Å². The number of rotatable bonds is 4. The van der Waals surface area contributed by atoms with Crippen molar-refractivity contribution in [1.82, 2.24) is 9.13 Å². The molecule has 0 aliphatic heterocycles. The predicted octanol–water partition coefficient (Wildman–Crippen LogP) is 14.4. The molecule has 56 heavy (non-hydrogen) atoms. The SMILES string of the molecule is c1ccc2c(c1)c1ccccc1n2-c1ccc(-c2ccc3c(c2)C2(CCCCC2)c2cc(-c4ccc(-n5c6ccccc6c6ccccc65)cc4)ccc2-3)cc1. The fourth-order valence-electron chi connectivity index (χ4n) is 10.6. The van der Waals surface area contributed by atoms with Crippen LogP contribution in [0.4, 0.5) is 0 Å². The summed E-state index contributed by atoms with van der Waals surface area (Å²) in [7, 11) is 0. The highest BCUT2D eigenvalue weighted by Crippen LogP contribution is 2.57. The van der Waals surface area contributed by atoms with Crippen molar-refractivity contribution in [3.8, 4) is 44.8 Å². The van der Waals surface area contributed by atoms with E-state index >= 15 is 0 Å². The molecule has 0 unspecified atom stereocenters. The molecule has 0 amide bonds. The second-order valence-electron chi connectivity index (χ2n) is 16.0. The minimum absolute atomic E-state index is 0.0563. The van der Waals surface area contributed by atoms with Gasteiger partial charge in [0.05, 0.1) is 22.1 Å². The van der Waals surface area contributed by atoms with Gasteiger partial charge < -0.3 is 9.13 Å². The van der Waals surface area contributed by atoms with E-state index in [1.165, 1.54) is 132 Å². The molecule has 1 fully saturated rings. The lowest BCUT2D eigenvalue weighted by molar-refractivity contribution is 0.353. The molecule has 266 valence electrons. The largest absolute Gasteiger partial charge is 0.309 e. The molecule has 0 N–H and O–H groups in total. The Bertz CT molecular complexity index is 2830. The Balaban J connectivity index is 0.908. The number of hydrogen-bond donors (Lipinski definition) is 0. The van der Waals surface area contributed by atoms with Gasteiger partial charge in [0.25, 0.3) is 0 Å². The molecule has 2 heterocycles. The van der Waals surface area contributed by atoms with Gasteiger partial charge in [-0.25, -0.2) is 0 Å². The van der Waals surface area contributed by atoms with Crippen LogP contribution >= 0.6 is 0 Å². The summed E-state index contributed by atoms with van der Waals surface area (Å²) in [5.74, 6) is 0. The van der Waals surface area contributed by atoms with Gasteiger partial charge in [0, 0.05) is 38.3 Å². The fraction of sp³-hybridized carbons (Fsp3) is 0.111.